The molecule has 0 saturated heterocycles. The van der Waals surface area contributed by atoms with Crippen LogP contribution in [-0.2, 0) is 17.6 Å². The Balaban J connectivity index is 2.01. The van der Waals surface area contributed by atoms with E-state index in [9.17, 15) is 9.90 Å². The molecule has 4 nitrogen and oxygen atoms in total. The largest absolute Gasteiger partial charge is 0.507 e. The van der Waals surface area contributed by atoms with Crippen molar-refractivity contribution in [2.24, 2.45) is 0 Å². The van der Waals surface area contributed by atoms with Crippen molar-refractivity contribution in [2.45, 2.75) is 25.7 Å². The van der Waals surface area contributed by atoms with Crippen LogP contribution < -0.4 is 0 Å². The summed E-state index contributed by atoms with van der Waals surface area (Å²) in [5.74, 6) is 1.14. The smallest absolute Gasteiger partial charge is 0.341 e. The number of fused-ring (bicyclic) bond motifs is 1. The second kappa shape index (κ2) is 5.04. The van der Waals surface area contributed by atoms with Crippen molar-refractivity contribution in [3.8, 4) is 17.1 Å². The maximum Gasteiger partial charge on any atom is 0.341 e. The van der Waals surface area contributed by atoms with Gasteiger partial charge in [0.25, 0.3) is 0 Å². The number of furan rings is 1. The summed E-state index contributed by atoms with van der Waals surface area (Å²) in [6.45, 7) is 0. The predicted octanol–water partition coefficient (Wildman–Crippen LogP) is 3.32. The molecule has 1 N–H and O–H groups in total. The maximum absolute atomic E-state index is 11.6. The molecule has 1 aromatic heterocycles. The summed E-state index contributed by atoms with van der Waals surface area (Å²) in [5.41, 5.74) is 2.18. The number of hydrogen-bond acceptors (Lipinski definition) is 4. The fourth-order valence-corrected chi connectivity index (χ4v) is 2.60. The number of aryl methyl sites for hydroxylation is 2. The van der Waals surface area contributed by atoms with Crippen molar-refractivity contribution < 1.29 is 19.1 Å². The molecular formula is C16H16O4. The first-order valence-electron chi connectivity index (χ1n) is 6.72. The van der Waals surface area contributed by atoms with E-state index in [1.807, 2.05) is 6.07 Å². The van der Waals surface area contributed by atoms with Crippen molar-refractivity contribution in [1.82, 2.24) is 0 Å². The van der Waals surface area contributed by atoms with E-state index in [2.05, 4.69) is 4.74 Å². The lowest BCUT2D eigenvalue weighted by Crippen LogP contribution is -2.01. The van der Waals surface area contributed by atoms with E-state index in [-0.39, 0.29) is 11.3 Å². The van der Waals surface area contributed by atoms with Gasteiger partial charge in [0.05, 0.1) is 7.11 Å². The number of methoxy groups -OCH3 is 1. The number of rotatable bonds is 2. The van der Waals surface area contributed by atoms with Crippen LogP contribution in [0.5, 0.6) is 5.75 Å². The van der Waals surface area contributed by atoms with Gasteiger partial charge in [0.15, 0.2) is 0 Å². The highest BCUT2D eigenvalue weighted by Gasteiger charge is 2.18. The standard InChI is InChI=1S/C16H16O4/c1-19-16(18)12-8-11(6-7-13(12)17)15-9-10-4-2-3-5-14(10)20-15/h6-9,17H,2-5H2,1H3. The van der Waals surface area contributed by atoms with Gasteiger partial charge in [-0.25, -0.2) is 4.79 Å². The monoisotopic (exact) mass is 272 g/mol. The fourth-order valence-electron chi connectivity index (χ4n) is 2.60. The van der Waals surface area contributed by atoms with Crippen molar-refractivity contribution in [2.75, 3.05) is 7.11 Å². The Morgan fingerprint density at radius 2 is 2.05 bits per heavy atom. The third kappa shape index (κ3) is 2.18. The molecule has 0 unspecified atom stereocenters. The Bertz CT molecular complexity index is 631. The Hall–Kier alpha value is -2.23. The van der Waals surface area contributed by atoms with Crippen LogP contribution in [0.25, 0.3) is 11.3 Å². The Kier molecular flexibility index (Phi) is 3.22. The summed E-state index contributed by atoms with van der Waals surface area (Å²) in [4.78, 5) is 11.6. The Morgan fingerprint density at radius 1 is 1.25 bits per heavy atom. The summed E-state index contributed by atoms with van der Waals surface area (Å²) in [7, 11) is 1.29. The topological polar surface area (TPSA) is 59.7 Å². The normalized spacial score (nSPS) is 13.8. The molecule has 2 aromatic rings. The molecular weight excluding hydrogens is 256 g/mol. The van der Waals surface area contributed by atoms with Gasteiger partial charge in [-0.05, 0) is 49.1 Å². The number of phenols is 1. The number of benzene rings is 1. The highest BCUT2D eigenvalue weighted by atomic mass is 16.5. The molecule has 3 rings (SSSR count). The molecule has 0 amide bonds. The van der Waals surface area contributed by atoms with E-state index < -0.39 is 5.97 Å². The molecule has 1 aromatic carbocycles. The number of ether oxygens (including phenoxy) is 1. The lowest BCUT2D eigenvalue weighted by atomic mass is 9.98. The van der Waals surface area contributed by atoms with Gasteiger partial charge in [0.2, 0.25) is 0 Å². The van der Waals surface area contributed by atoms with Crippen LogP contribution in [0.4, 0.5) is 0 Å². The lowest BCUT2D eigenvalue weighted by molar-refractivity contribution is 0.0597. The van der Waals surface area contributed by atoms with E-state index in [4.69, 9.17) is 4.42 Å². The second-order valence-corrected chi connectivity index (χ2v) is 4.99. The SMILES string of the molecule is COC(=O)c1cc(-c2cc3c(o2)CCCC3)ccc1O. The predicted molar refractivity (Wildman–Crippen MR) is 73.8 cm³/mol. The minimum atomic E-state index is -0.555. The molecule has 0 saturated carbocycles. The molecule has 0 spiro atoms. The number of aromatic hydroxyl groups is 1. The number of carbonyl (C=O) groups is 1. The molecule has 1 aliphatic rings. The molecule has 0 aliphatic heterocycles. The molecule has 1 aliphatic carbocycles. The van der Waals surface area contributed by atoms with Gasteiger partial charge < -0.3 is 14.3 Å². The van der Waals surface area contributed by atoms with Crippen molar-refractivity contribution >= 4 is 5.97 Å². The van der Waals surface area contributed by atoms with Gasteiger partial charge in [0.1, 0.15) is 22.8 Å². The quantitative estimate of drug-likeness (QED) is 0.852. The van der Waals surface area contributed by atoms with E-state index in [1.54, 1.807) is 12.1 Å². The van der Waals surface area contributed by atoms with Gasteiger partial charge in [-0.3, -0.25) is 0 Å². The van der Waals surface area contributed by atoms with E-state index >= 15 is 0 Å². The molecule has 0 bridgehead atoms. The van der Waals surface area contributed by atoms with E-state index in [0.717, 1.165) is 36.3 Å². The van der Waals surface area contributed by atoms with Crippen LogP contribution >= 0.6 is 0 Å². The van der Waals surface area contributed by atoms with Gasteiger partial charge in [-0.2, -0.15) is 0 Å². The fraction of sp³-hybridized carbons (Fsp3) is 0.312. The number of carbonyl (C=O) groups excluding carboxylic acids is 1. The zero-order valence-electron chi connectivity index (χ0n) is 11.3. The molecule has 4 heteroatoms. The van der Waals surface area contributed by atoms with Crippen LogP contribution in [-0.4, -0.2) is 18.2 Å². The molecule has 0 atom stereocenters. The molecule has 20 heavy (non-hydrogen) atoms. The first-order valence-corrected chi connectivity index (χ1v) is 6.72. The number of esters is 1. The lowest BCUT2D eigenvalue weighted by Gasteiger charge is -2.07. The second-order valence-electron chi connectivity index (χ2n) is 4.99. The van der Waals surface area contributed by atoms with Crippen molar-refractivity contribution in [3.05, 3.63) is 41.2 Å². The van der Waals surface area contributed by atoms with Gasteiger partial charge >= 0.3 is 5.97 Å². The minimum absolute atomic E-state index is 0.0862. The van der Waals surface area contributed by atoms with Crippen LogP contribution in [0.3, 0.4) is 0 Å². The maximum atomic E-state index is 11.6. The minimum Gasteiger partial charge on any atom is -0.507 e. The van der Waals surface area contributed by atoms with Crippen LogP contribution in [0.15, 0.2) is 28.7 Å². The molecule has 1 heterocycles. The number of phenolic OH excluding ortho intramolecular Hbond substituents is 1. The summed E-state index contributed by atoms with van der Waals surface area (Å²) >= 11 is 0. The Morgan fingerprint density at radius 3 is 2.80 bits per heavy atom. The average Bonchev–Trinajstić information content (AvgIpc) is 2.90. The summed E-state index contributed by atoms with van der Waals surface area (Å²) < 4.78 is 10.5. The number of hydrogen-bond donors (Lipinski definition) is 1. The van der Waals surface area contributed by atoms with Gasteiger partial charge in [-0.15, -0.1) is 0 Å². The average molecular weight is 272 g/mol. The third-order valence-electron chi connectivity index (χ3n) is 3.68. The summed E-state index contributed by atoms with van der Waals surface area (Å²) in [6, 6.07) is 6.86. The van der Waals surface area contributed by atoms with E-state index in [0.29, 0.717) is 0 Å². The highest BCUT2D eigenvalue weighted by molar-refractivity contribution is 5.93. The Labute approximate surface area is 117 Å². The third-order valence-corrected chi connectivity index (χ3v) is 3.68. The first kappa shape index (κ1) is 12.8. The zero-order chi connectivity index (χ0) is 14.1. The van der Waals surface area contributed by atoms with Crippen molar-refractivity contribution in [1.29, 1.82) is 0 Å². The van der Waals surface area contributed by atoms with Gasteiger partial charge in [0, 0.05) is 12.0 Å². The van der Waals surface area contributed by atoms with Crippen LogP contribution in [0, 0.1) is 0 Å². The van der Waals surface area contributed by atoms with Crippen LogP contribution in [0.1, 0.15) is 34.5 Å². The van der Waals surface area contributed by atoms with E-state index in [1.165, 1.54) is 25.2 Å². The van der Waals surface area contributed by atoms with Crippen molar-refractivity contribution in [3.63, 3.8) is 0 Å². The summed E-state index contributed by atoms with van der Waals surface area (Å²) in [5, 5.41) is 9.71. The van der Waals surface area contributed by atoms with Crippen LogP contribution in [0.2, 0.25) is 0 Å². The molecule has 0 radical (unpaired) electrons. The first-order chi connectivity index (χ1) is 9.69. The zero-order valence-corrected chi connectivity index (χ0v) is 11.3. The summed E-state index contributed by atoms with van der Waals surface area (Å²) in [6.07, 6.45) is 4.36. The molecule has 0 fully saturated rings. The van der Waals surface area contributed by atoms with Gasteiger partial charge in [-0.1, -0.05) is 0 Å². The highest BCUT2D eigenvalue weighted by Crippen LogP contribution is 2.32. The molecule has 104 valence electrons.